The summed E-state index contributed by atoms with van der Waals surface area (Å²) in [6, 6.07) is 4.02. The second-order valence-electron chi connectivity index (χ2n) is 5.24. The quantitative estimate of drug-likeness (QED) is 0.647. The van der Waals surface area contributed by atoms with Crippen molar-refractivity contribution in [3.05, 3.63) is 33.4 Å². The fourth-order valence-electron chi connectivity index (χ4n) is 2.52. The number of nitro benzene ring substituents is 1. The van der Waals surface area contributed by atoms with Gasteiger partial charge in [-0.2, -0.15) is 0 Å². The lowest BCUT2D eigenvalue weighted by molar-refractivity contribution is -0.385. The van der Waals surface area contributed by atoms with E-state index in [1.165, 1.54) is 19.3 Å². The van der Waals surface area contributed by atoms with E-state index in [0.717, 1.165) is 24.3 Å². The predicted octanol–water partition coefficient (Wildman–Crippen LogP) is 2.77. The van der Waals surface area contributed by atoms with Crippen molar-refractivity contribution in [1.82, 2.24) is 5.32 Å². The second kappa shape index (κ2) is 6.02. The molecule has 1 saturated heterocycles. The van der Waals surface area contributed by atoms with Crippen LogP contribution in [-0.2, 0) is 0 Å². The average Bonchev–Trinajstić information content (AvgIpc) is 2.40. The van der Waals surface area contributed by atoms with E-state index in [0.29, 0.717) is 11.6 Å². The molecule has 1 aromatic carbocycles. The summed E-state index contributed by atoms with van der Waals surface area (Å²) in [7, 11) is 0. The molecule has 1 unspecified atom stereocenters. The third-order valence-electron chi connectivity index (χ3n) is 3.69. The molecule has 0 aliphatic carbocycles. The molecule has 1 aromatic rings. The van der Waals surface area contributed by atoms with Crippen molar-refractivity contribution >= 4 is 11.4 Å². The van der Waals surface area contributed by atoms with Gasteiger partial charge in [0.15, 0.2) is 0 Å². The Morgan fingerprint density at radius 2 is 2.16 bits per heavy atom. The Bertz CT molecular complexity index is 468. The lowest BCUT2D eigenvalue weighted by Gasteiger charge is -2.24. The van der Waals surface area contributed by atoms with Crippen LogP contribution in [-0.4, -0.2) is 24.1 Å². The summed E-state index contributed by atoms with van der Waals surface area (Å²) >= 11 is 0. The lowest BCUT2D eigenvalue weighted by Crippen LogP contribution is -2.39. The van der Waals surface area contributed by atoms with Gasteiger partial charge >= 0.3 is 0 Å². The summed E-state index contributed by atoms with van der Waals surface area (Å²) in [5.74, 6) is 0. The zero-order valence-electron chi connectivity index (χ0n) is 11.5. The van der Waals surface area contributed by atoms with E-state index in [2.05, 4.69) is 10.6 Å². The molecule has 5 nitrogen and oxygen atoms in total. The van der Waals surface area contributed by atoms with Gasteiger partial charge in [-0.15, -0.1) is 0 Å². The minimum atomic E-state index is -0.325. The molecule has 1 aliphatic rings. The number of nitrogens with zero attached hydrogens (tertiary/aromatic N) is 1. The highest BCUT2D eigenvalue weighted by Gasteiger charge is 2.15. The maximum atomic E-state index is 10.9. The average molecular weight is 263 g/mol. The number of aryl methyl sites for hydroxylation is 2. The van der Waals surface area contributed by atoms with Gasteiger partial charge in [-0.25, -0.2) is 0 Å². The van der Waals surface area contributed by atoms with E-state index >= 15 is 0 Å². The molecule has 0 saturated carbocycles. The number of nitrogens with one attached hydrogen (secondary N) is 2. The third-order valence-corrected chi connectivity index (χ3v) is 3.69. The Kier molecular flexibility index (Phi) is 4.37. The topological polar surface area (TPSA) is 67.2 Å². The molecule has 1 atom stereocenters. The van der Waals surface area contributed by atoms with E-state index in [4.69, 9.17) is 0 Å². The van der Waals surface area contributed by atoms with Crippen LogP contribution >= 0.6 is 0 Å². The number of piperidine rings is 1. The summed E-state index contributed by atoms with van der Waals surface area (Å²) in [5, 5.41) is 17.8. The number of hydrogen-bond donors (Lipinski definition) is 2. The molecule has 0 radical (unpaired) electrons. The van der Waals surface area contributed by atoms with Gasteiger partial charge in [0.2, 0.25) is 0 Å². The van der Waals surface area contributed by atoms with E-state index in [9.17, 15) is 10.1 Å². The molecule has 0 aromatic heterocycles. The Labute approximate surface area is 113 Å². The monoisotopic (exact) mass is 263 g/mol. The minimum absolute atomic E-state index is 0.193. The summed E-state index contributed by atoms with van der Waals surface area (Å²) in [4.78, 5) is 10.5. The van der Waals surface area contributed by atoms with Crippen LogP contribution in [0.15, 0.2) is 12.1 Å². The van der Waals surface area contributed by atoms with Gasteiger partial charge in [0.05, 0.1) is 4.92 Å². The molecule has 5 heteroatoms. The maximum absolute atomic E-state index is 10.9. The Hall–Kier alpha value is -1.62. The fourth-order valence-corrected chi connectivity index (χ4v) is 2.52. The van der Waals surface area contributed by atoms with E-state index in [1.54, 1.807) is 13.0 Å². The Morgan fingerprint density at radius 3 is 2.79 bits per heavy atom. The van der Waals surface area contributed by atoms with Crippen LogP contribution in [0.4, 0.5) is 11.4 Å². The highest BCUT2D eigenvalue weighted by Crippen LogP contribution is 2.26. The van der Waals surface area contributed by atoms with Gasteiger partial charge in [0.1, 0.15) is 0 Å². The summed E-state index contributed by atoms with van der Waals surface area (Å²) in [5.41, 5.74) is 2.82. The summed E-state index contributed by atoms with van der Waals surface area (Å²) < 4.78 is 0. The number of benzene rings is 1. The van der Waals surface area contributed by atoms with Crippen molar-refractivity contribution in [2.75, 3.05) is 18.4 Å². The fraction of sp³-hybridized carbons (Fsp3) is 0.571. The van der Waals surface area contributed by atoms with Crippen LogP contribution in [0, 0.1) is 24.0 Å². The first-order valence-corrected chi connectivity index (χ1v) is 6.81. The van der Waals surface area contributed by atoms with Crippen molar-refractivity contribution in [3.63, 3.8) is 0 Å². The first kappa shape index (κ1) is 13.8. The standard InChI is InChI=1S/C14H21N3O2/c1-10-8-14(17(18)19)11(2)7-13(10)16-9-12-5-3-4-6-15-12/h7-8,12,15-16H,3-6,9H2,1-2H3. The molecule has 0 amide bonds. The van der Waals surface area contributed by atoms with E-state index < -0.39 is 0 Å². The van der Waals surface area contributed by atoms with Gasteiger partial charge in [-0.05, 0) is 44.9 Å². The van der Waals surface area contributed by atoms with Crippen molar-refractivity contribution in [3.8, 4) is 0 Å². The molecular formula is C14H21N3O2. The summed E-state index contributed by atoms with van der Waals surface area (Å²) in [6.07, 6.45) is 3.72. The number of hydrogen-bond acceptors (Lipinski definition) is 4. The van der Waals surface area contributed by atoms with E-state index in [1.807, 2.05) is 13.0 Å². The molecule has 1 fully saturated rings. The van der Waals surface area contributed by atoms with Crippen molar-refractivity contribution in [1.29, 1.82) is 0 Å². The van der Waals surface area contributed by atoms with Crippen LogP contribution in [0.3, 0.4) is 0 Å². The van der Waals surface area contributed by atoms with Gasteiger partial charge in [-0.3, -0.25) is 10.1 Å². The molecule has 0 bridgehead atoms. The van der Waals surface area contributed by atoms with Crippen molar-refractivity contribution < 1.29 is 4.92 Å². The van der Waals surface area contributed by atoms with Gasteiger partial charge in [0, 0.05) is 29.9 Å². The first-order valence-electron chi connectivity index (χ1n) is 6.81. The van der Waals surface area contributed by atoms with Crippen LogP contribution in [0.2, 0.25) is 0 Å². The predicted molar refractivity (Wildman–Crippen MR) is 76.7 cm³/mol. The first-order chi connectivity index (χ1) is 9.08. The van der Waals surface area contributed by atoms with Crippen LogP contribution in [0.1, 0.15) is 30.4 Å². The van der Waals surface area contributed by atoms with Crippen molar-refractivity contribution in [2.24, 2.45) is 0 Å². The zero-order valence-corrected chi connectivity index (χ0v) is 11.5. The lowest BCUT2D eigenvalue weighted by atomic mass is 10.0. The molecule has 1 heterocycles. The van der Waals surface area contributed by atoms with Crippen LogP contribution in [0.25, 0.3) is 0 Å². The molecule has 0 spiro atoms. The highest BCUT2D eigenvalue weighted by atomic mass is 16.6. The Morgan fingerprint density at radius 1 is 1.37 bits per heavy atom. The molecule has 2 N–H and O–H groups in total. The largest absolute Gasteiger partial charge is 0.383 e. The number of rotatable bonds is 4. The third kappa shape index (κ3) is 3.44. The van der Waals surface area contributed by atoms with Crippen LogP contribution in [0.5, 0.6) is 0 Å². The molecule has 2 rings (SSSR count). The normalized spacial score (nSPS) is 19.2. The minimum Gasteiger partial charge on any atom is -0.383 e. The summed E-state index contributed by atoms with van der Waals surface area (Å²) in [6.45, 7) is 5.65. The molecule has 1 aliphatic heterocycles. The second-order valence-corrected chi connectivity index (χ2v) is 5.24. The highest BCUT2D eigenvalue weighted by molar-refractivity contribution is 5.59. The van der Waals surface area contributed by atoms with Crippen molar-refractivity contribution in [2.45, 2.75) is 39.2 Å². The van der Waals surface area contributed by atoms with E-state index in [-0.39, 0.29) is 10.6 Å². The molecule has 104 valence electrons. The number of anilines is 1. The van der Waals surface area contributed by atoms with Gasteiger partial charge in [-0.1, -0.05) is 6.42 Å². The number of nitro groups is 1. The smallest absolute Gasteiger partial charge is 0.272 e. The SMILES string of the molecule is Cc1cc([N+](=O)[O-])c(C)cc1NCC1CCCCN1. The van der Waals surface area contributed by atoms with Gasteiger partial charge < -0.3 is 10.6 Å². The van der Waals surface area contributed by atoms with Crippen LogP contribution < -0.4 is 10.6 Å². The zero-order chi connectivity index (χ0) is 13.8. The van der Waals surface area contributed by atoms with Gasteiger partial charge in [0.25, 0.3) is 5.69 Å². The molecule has 19 heavy (non-hydrogen) atoms. The Balaban J connectivity index is 2.04. The molecular weight excluding hydrogens is 242 g/mol. The maximum Gasteiger partial charge on any atom is 0.272 e.